The summed E-state index contributed by atoms with van der Waals surface area (Å²) in [5, 5.41) is 0. The summed E-state index contributed by atoms with van der Waals surface area (Å²) in [4.78, 5) is 20.5. The minimum absolute atomic E-state index is 0.113. The average Bonchev–Trinajstić information content (AvgIpc) is 3.15. The van der Waals surface area contributed by atoms with Crippen molar-refractivity contribution in [1.82, 2.24) is 9.88 Å². The molecule has 0 atom stereocenters. The van der Waals surface area contributed by atoms with Crippen LogP contribution in [0.25, 0.3) is 11.3 Å². The van der Waals surface area contributed by atoms with Gasteiger partial charge in [-0.1, -0.05) is 30.3 Å². The van der Waals surface area contributed by atoms with Crippen LogP contribution in [-0.4, -0.2) is 42.0 Å². The van der Waals surface area contributed by atoms with Crippen LogP contribution in [0, 0.1) is 6.92 Å². The SMILES string of the molecule is Cc1oc(-c2ccccc2)cc1C(=O)N1CCN(c2ccc(C(F)(F)F)cn2)CC1. The number of pyridine rings is 1. The topological polar surface area (TPSA) is 49.6 Å². The Hall–Kier alpha value is -3.29. The number of halogens is 3. The molecule has 2 aromatic heterocycles. The van der Waals surface area contributed by atoms with Crippen LogP contribution in [0.15, 0.2) is 59.1 Å². The van der Waals surface area contributed by atoms with Crippen LogP contribution < -0.4 is 4.90 Å². The van der Waals surface area contributed by atoms with E-state index in [-0.39, 0.29) is 5.91 Å². The first-order valence-corrected chi connectivity index (χ1v) is 9.56. The summed E-state index contributed by atoms with van der Waals surface area (Å²) in [6.07, 6.45) is -3.56. The lowest BCUT2D eigenvalue weighted by atomic mass is 10.1. The van der Waals surface area contributed by atoms with Crippen LogP contribution in [0.4, 0.5) is 19.0 Å². The zero-order valence-electron chi connectivity index (χ0n) is 16.3. The average molecular weight is 415 g/mol. The van der Waals surface area contributed by atoms with E-state index in [9.17, 15) is 18.0 Å². The fraction of sp³-hybridized carbons (Fsp3) is 0.273. The lowest BCUT2D eigenvalue weighted by molar-refractivity contribution is -0.137. The van der Waals surface area contributed by atoms with E-state index in [1.807, 2.05) is 35.2 Å². The number of hydrogen-bond donors (Lipinski definition) is 0. The quantitative estimate of drug-likeness (QED) is 0.626. The maximum atomic E-state index is 13.0. The van der Waals surface area contributed by atoms with Crippen molar-refractivity contribution in [2.24, 2.45) is 0 Å². The third-order valence-electron chi connectivity index (χ3n) is 5.17. The predicted octanol–water partition coefficient (Wildman–Crippen LogP) is 4.63. The number of aromatic nitrogens is 1. The van der Waals surface area contributed by atoms with Gasteiger partial charge in [0.15, 0.2) is 0 Å². The molecule has 8 heteroatoms. The van der Waals surface area contributed by atoms with Crippen LogP contribution >= 0.6 is 0 Å². The molecule has 1 fully saturated rings. The van der Waals surface area contributed by atoms with E-state index in [4.69, 9.17) is 4.42 Å². The largest absolute Gasteiger partial charge is 0.461 e. The second-order valence-electron chi connectivity index (χ2n) is 7.13. The Morgan fingerprint density at radius 2 is 1.73 bits per heavy atom. The van der Waals surface area contributed by atoms with Gasteiger partial charge in [0.2, 0.25) is 0 Å². The summed E-state index contributed by atoms with van der Waals surface area (Å²) < 4.78 is 43.9. The molecule has 0 N–H and O–H groups in total. The van der Waals surface area contributed by atoms with E-state index in [2.05, 4.69) is 4.98 Å². The summed E-state index contributed by atoms with van der Waals surface area (Å²) in [6.45, 7) is 3.65. The molecule has 1 amide bonds. The minimum atomic E-state index is -4.41. The number of rotatable bonds is 3. The van der Waals surface area contributed by atoms with Gasteiger partial charge < -0.3 is 14.2 Å². The molecular formula is C22H20F3N3O2. The molecule has 1 saturated heterocycles. The Morgan fingerprint density at radius 1 is 1.03 bits per heavy atom. The number of anilines is 1. The molecule has 0 bridgehead atoms. The summed E-state index contributed by atoms with van der Waals surface area (Å²) in [5.41, 5.74) is 0.650. The van der Waals surface area contributed by atoms with Gasteiger partial charge in [0.25, 0.3) is 5.91 Å². The minimum Gasteiger partial charge on any atom is -0.461 e. The molecule has 3 heterocycles. The molecule has 4 rings (SSSR count). The highest BCUT2D eigenvalue weighted by atomic mass is 19.4. The van der Waals surface area contributed by atoms with Gasteiger partial charge in [-0.05, 0) is 25.1 Å². The molecule has 30 heavy (non-hydrogen) atoms. The van der Waals surface area contributed by atoms with Gasteiger partial charge in [-0.25, -0.2) is 4.98 Å². The van der Waals surface area contributed by atoms with E-state index in [1.165, 1.54) is 6.07 Å². The van der Waals surface area contributed by atoms with Crippen molar-refractivity contribution in [2.45, 2.75) is 13.1 Å². The molecular weight excluding hydrogens is 395 g/mol. The Morgan fingerprint density at radius 3 is 2.33 bits per heavy atom. The van der Waals surface area contributed by atoms with Gasteiger partial charge in [0.1, 0.15) is 17.3 Å². The van der Waals surface area contributed by atoms with E-state index in [0.717, 1.165) is 17.8 Å². The van der Waals surface area contributed by atoms with Crippen molar-refractivity contribution in [2.75, 3.05) is 31.1 Å². The molecule has 156 valence electrons. The van der Waals surface area contributed by atoms with Gasteiger partial charge in [0.05, 0.1) is 11.1 Å². The zero-order valence-corrected chi connectivity index (χ0v) is 16.3. The number of amides is 1. The number of aryl methyl sites for hydroxylation is 1. The molecule has 3 aromatic rings. The van der Waals surface area contributed by atoms with Crippen LogP contribution in [0.2, 0.25) is 0 Å². The number of carbonyl (C=O) groups is 1. The van der Waals surface area contributed by atoms with Crippen molar-refractivity contribution in [1.29, 1.82) is 0 Å². The number of nitrogens with zero attached hydrogens (tertiary/aromatic N) is 3. The Balaban J connectivity index is 1.42. The second kappa shape index (κ2) is 7.85. The molecule has 0 radical (unpaired) electrons. The van der Waals surface area contributed by atoms with Crippen molar-refractivity contribution < 1.29 is 22.4 Å². The normalized spacial score (nSPS) is 14.8. The maximum Gasteiger partial charge on any atom is 0.417 e. The highest BCUT2D eigenvalue weighted by molar-refractivity contribution is 5.96. The Kier molecular flexibility index (Phi) is 5.24. The summed E-state index contributed by atoms with van der Waals surface area (Å²) in [6, 6.07) is 13.7. The number of hydrogen-bond acceptors (Lipinski definition) is 4. The lowest BCUT2D eigenvalue weighted by Crippen LogP contribution is -2.49. The van der Waals surface area contributed by atoms with Crippen molar-refractivity contribution >= 4 is 11.7 Å². The summed E-state index contributed by atoms with van der Waals surface area (Å²) in [5.74, 6) is 1.56. The third kappa shape index (κ3) is 4.03. The van der Waals surface area contributed by atoms with Gasteiger partial charge in [-0.15, -0.1) is 0 Å². The fourth-order valence-electron chi connectivity index (χ4n) is 3.49. The Bertz CT molecular complexity index is 1020. The lowest BCUT2D eigenvalue weighted by Gasteiger charge is -2.35. The highest BCUT2D eigenvalue weighted by Gasteiger charge is 2.31. The first kappa shape index (κ1) is 20.0. The zero-order chi connectivity index (χ0) is 21.3. The van der Waals surface area contributed by atoms with Crippen molar-refractivity contribution in [3.8, 4) is 11.3 Å². The third-order valence-corrected chi connectivity index (χ3v) is 5.17. The van der Waals surface area contributed by atoms with Crippen LogP contribution in [0.1, 0.15) is 21.7 Å². The second-order valence-corrected chi connectivity index (χ2v) is 7.13. The molecule has 0 aliphatic carbocycles. The van der Waals surface area contributed by atoms with E-state index in [0.29, 0.717) is 49.1 Å². The number of furan rings is 1. The Labute approximate surface area is 171 Å². The molecule has 0 unspecified atom stereocenters. The molecule has 0 spiro atoms. The fourth-order valence-corrected chi connectivity index (χ4v) is 3.49. The molecule has 0 saturated carbocycles. The molecule has 5 nitrogen and oxygen atoms in total. The van der Waals surface area contributed by atoms with Crippen LogP contribution in [0.3, 0.4) is 0 Å². The van der Waals surface area contributed by atoms with Gasteiger partial charge in [-0.2, -0.15) is 13.2 Å². The van der Waals surface area contributed by atoms with Gasteiger partial charge in [-0.3, -0.25) is 4.79 Å². The smallest absolute Gasteiger partial charge is 0.417 e. The van der Waals surface area contributed by atoms with E-state index >= 15 is 0 Å². The molecule has 1 aliphatic rings. The molecule has 1 aliphatic heterocycles. The van der Waals surface area contributed by atoms with Crippen LogP contribution in [-0.2, 0) is 6.18 Å². The van der Waals surface area contributed by atoms with E-state index < -0.39 is 11.7 Å². The summed E-state index contributed by atoms with van der Waals surface area (Å²) in [7, 11) is 0. The first-order chi connectivity index (χ1) is 14.3. The number of alkyl halides is 3. The van der Waals surface area contributed by atoms with Crippen molar-refractivity contribution in [3.63, 3.8) is 0 Å². The van der Waals surface area contributed by atoms with Gasteiger partial charge in [0, 0.05) is 37.9 Å². The van der Waals surface area contributed by atoms with E-state index in [1.54, 1.807) is 17.9 Å². The molecule has 1 aromatic carbocycles. The monoisotopic (exact) mass is 415 g/mol. The maximum absolute atomic E-state index is 13.0. The number of benzene rings is 1. The highest BCUT2D eigenvalue weighted by Crippen LogP contribution is 2.30. The van der Waals surface area contributed by atoms with Gasteiger partial charge >= 0.3 is 6.18 Å². The number of piperazine rings is 1. The number of carbonyl (C=O) groups excluding carboxylic acids is 1. The predicted molar refractivity (Wildman–Crippen MR) is 106 cm³/mol. The standard InChI is InChI=1S/C22H20F3N3O2/c1-15-18(13-19(30-15)16-5-3-2-4-6-16)21(29)28-11-9-27(10-12-28)20-8-7-17(14-26-20)22(23,24)25/h2-8,13-14H,9-12H2,1H3. The first-order valence-electron chi connectivity index (χ1n) is 9.56. The van der Waals surface area contributed by atoms with Crippen molar-refractivity contribution in [3.05, 3.63) is 71.6 Å². The van der Waals surface area contributed by atoms with Crippen LogP contribution in [0.5, 0.6) is 0 Å². The summed E-state index contributed by atoms with van der Waals surface area (Å²) >= 11 is 0.